The Morgan fingerprint density at radius 3 is 2.23 bits per heavy atom. The highest BCUT2D eigenvalue weighted by atomic mass is 35.5. The van der Waals surface area contributed by atoms with E-state index in [0.717, 1.165) is 35.6 Å². The summed E-state index contributed by atoms with van der Waals surface area (Å²) in [4.78, 5) is 10.7. The molecule has 3 nitrogen and oxygen atoms in total. The Labute approximate surface area is 158 Å². The van der Waals surface area contributed by atoms with Crippen molar-refractivity contribution in [2.24, 2.45) is 0 Å². The first-order valence-electron chi connectivity index (χ1n) is 8.77. The first-order chi connectivity index (χ1) is 12.5. The predicted molar refractivity (Wildman–Crippen MR) is 105 cm³/mol. The van der Waals surface area contributed by atoms with Crippen molar-refractivity contribution in [1.82, 2.24) is 0 Å². The molecule has 1 saturated carbocycles. The summed E-state index contributed by atoms with van der Waals surface area (Å²) in [6, 6.07) is 13.2. The van der Waals surface area contributed by atoms with Crippen LogP contribution < -0.4 is 0 Å². The lowest BCUT2D eigenvalue weighted by molar-refractivity contribution is -0.131. The summed E-state index contributed by atoms with van der Waals surface area (Å²) < 4.78 is 0. The topological polar surface area (TPSA) is 57.5 Å². The number of carboxylic acid groups (broad SMARTS) is 1. The van der Waals surface area contributed by atoms with Crippen LogP contribution in [-0.4, -0.2) is 16.2 Å². The maximum atomic E-state index is 10.7. The van der Waals surface area contributed by atoms with Gasteiger partial charge in [-0.2, -0.15) is 0 Å². The first-order valence-corrected chi connectivity index (χ1v) is 9.15. The molecule has 2 aromatic carbocycles. The second-order valence-electron chi connectivity index (χ2n) is 6.50. The number of aliphatic carboxylic acids is 1. The highest BCUT2D eigenvalue weighted by Gasteiger charge is 2.16. The van der Waals surface area contributed by atoms with Gasteiger partial charge in [0.05, 0.1) is 5.02 Å². The van der Waals surface area contributed by atoms with Crippen molar-refractivity contribution < 1.29 is 15.0 Å². The van der Waals surface area contributed by atoms with Gasteiger partial charge in [-0.15, -0.1) is 0 Å². The Morgan fingerprint density at radius 1 is 0.962 bits per heavy atom. The molecule has 0 heterocycles. The zero-order valence-corrected chi connectivity index (χ0v) is 15.2. The average Bonchev–Trinajstić information content (AvgIpc) is 2.65. The fourth-order valence-corrected chi connectivity index (χ4v) is 3.57. The van der Waals surface area contributed by atoms with Gasteiger partial charge in [-0.25, -0.2) is 4.79 Å². The first kappa shape index (κ1) is 18.3. The number of hydrogen-bond acceptors (Lipinski definition) is 2. The van der Waals surface area contributed by atoms with E-state index < -0.39 is 5.97 Å². The van der Waals surface area contributed by atoms with Crippen molar-refractivity contribution in [2.75, 3.05) is 0 Å². The van der Waals surface area contributed by atoms with E-state index in [1.807, 2.05) is 36.4 Å². The van der Waals surface area contributed by atoms with Gasteiger partial charge in [0.25, 0.3) is 0 Å². The number of aromatic hydroxyl groups is 1. The Hall–Kier alpha value is -2.52. The lowest BCUT2D eigenvalue weighted by Crippen LogP contribution is -2.00. The van der Waals surface area contributed by atoms with E-state index in [-0.39, 0.29) is 5.75 Å². The van der Waals surface area contributed by atoms with E-state index in [2.05, 4.69) is 0 Å². The molecule has 1 aliphatic rings. The molecule has 1 fully saturated rings. The van der Waals surface area contributed by atoms with Crippen LogP contribution in [-0.2, 0) is 4.79 Å². The maximum absolute atomic E-state index is 10.7. The van der Waals surface area contributed by atoms with Crippen LogP contribution >= 0.6 is 11.6 Å². The number of allylic oxidation sites excluding steroid dienone is 1. The van der Waals surface area contributed by atoms with E-state index in [9.17, 15) is 9.90 Å². The third-order valence-corrected chi connectivity index (χ3v) is 4.97. The fraction of sp³-hybridized carbons (Fsp3) is 0.227. The fourth-order valence-electron chi connectivity index (χ4n) is 3.39. The summed E-state index contributed by atoms with van der Waals surface area (Å²) in [5.74, 6) is -0.879. The molecule has 0 amide bonds. The van der Waals surface area contributed by atoms with E-state index >= 15 is 0 Å². The van der Waals surface area contributed by atoms with Crippen molar-refractivity contribution in [1.29, 1.82) is 0 Å². The molecule has 2 aromatic rings. The summed E-state index contributed by atoms with van der Waals surface area (Å²) in [7, 11) is 0. The summed E-state index contributed by atoms with van der Waals surface area (Å²) in [6.07, 6.45) is 8.47. The minimum atomic E-state index is -0.960. The zero-order chi connectivity index (χ0) is 18.5. The summed E-state index contributed by atoms with van der Waals surface area (Å²) in [6.45, 7) is 0. The highest BCUT2D eigenvalue weighted by molar-refractivity contribution is 6.32. The number of rotatable bonds is 4. The molecule has 0 spiro atoms. The molecular formula is C22H21ClO3. The average molecular weight is 369 g/mol. The molecule has 0 aromatic heterocycles. The molecule has 2 N–H and O–H groups in total. The van der Waals surface area contributed by atoms with Crippen LogP contribution in [0.15, 0.2) is 54.1 Å². The lowest BCUT2D eigenvalue weighted by Gasteiger charge is -2.21. The minimum Gasteiger partial charge on any atom is -0.506 e. The van der Waals surface area contributed by atoms with Crippen molar-refractivity contribution in [2.45, 2.75) is 32.1 Å². The Balaban J connectivity index is 2.03. The monoisotopic (exact) mass is 368 g/mol. The summed E-state index contributed by atoms with van der Waals surface area (Å²) >= 11 is 6.14. The Kier molecular flexibility index (Phi) is 5.79. The minimum absolute atomic E-state index is 0.0811. The third kappa shape index (κ3) is 4.36. The van der Waals surface area contributed by atoms with Crippen LogP contribution in [0.25, 0.3) is 11.6 Å². The second-order valence-corrected chi connectivity index (χ2v) is 6.91. The van der Waals surface area contributed by atoms with Gasteiger partial charge in [0.15, 0.2) is 0 Å². The van der Waals surface area contributed by atoms with Crippen molar-refractivity contribution >= 4 is 29.2 Å². The van der Waals surface area contributed by atoms with Gasteiger partial charge in [-0.3, -0.25) is 0 Å². The lowest BCUT2D eigenvalue weighted by atomic mass is 9.85. The van der Waals surface area contributed by atoms with Gasteiger partial charge in [0, 0.05) is 6.08 Å². The molecule has 134 valence electrons. The summed E-state index contributed by atoms with van der Waals surface area (Å²) in [5.41, 5.74) is 5.50. The van der Waals surface area contributed by atoms with E-state index in [1.54, 1.807) is 12.1 Å². The van der Waals surface area contributed by atoms with Crippen molar-refractivity contribution in [3.8, 4) is 5.75 Å². The molecule has 0 atom stereocenters. The number of carboxylic acids is 1. The van der Waals surface area contributed by atoms with Gasteiger partial charge in [-0.1, -0.05) is 53.9 Å². The molecule has 0 aliphatic heterocycles. The van der Waals surface area contributed by atoms with Gasteiger partial charge in [0.1, 0.15) is 5.75 Å². The van der Waals surface area contributed by atoms with Crippen LogP contribution in [0, 0.1) is 0 Å². The number of halogens is 1. The number of carbonyl (C=O) groups is 1. The van der Waals surface area contributed by atoms with Crippen LogP contribution in [0.1, 0.15) is 48.8 Å². The molecule has 0 bridgehead atoms. The van der Waals surface area contributed by atoms with Crippen LogP contribution in [0.5, 0.6) is 5.75 Å². The van der Waals surface area contributed by atoms with Gasteiger partial charge in [0.2, 0.25) is 0 Å². The number of phenols is 1. The number of benzene rings is 2. The van der Waals surface area contributed by atoms with E-state index in [4.69, 9.17) is 16.7 Å². The standard InChI is InChI=1S/C22H21ClO3/c23-19-14-18(11-12-20(19)24)22(16-4-2-1-3-5-16)17-9-6-15(7-10-17)8-13-21(25)26/h6-14,24H,1-5H2,(H,25,26)/b13-8+. The summed E-state index contributed by atoms with van der Waals surface area (Å²) in [5, 5.41) is 18.8. The van der Waals surface area contributed by atoms with Crippen molar-refractivity contribution in [3.05, 3.63) is 75.8 Å². The van der Waals surface area contributed by atoms with E-state index in [1.165, 1.54) is 30.4 Å². The van der Waals surface area contributed by atoms with Gasteiger partial charge >= 0.3 is 5.97 Å². The van der Waals surface area contributed by atoms with Gasteiger partial charge in [-0.05, 0) is 66.2 Å². The Morgan fingerprint density at radius 2 is 1.62 bits per heavy atom. The Bertz CT molecular complexity index is 855. The normalized spacial score (nSPS) is 14.6. The van der Waals surface area contributed by atoms with Gasteiger partial charge < -0.3 is 10.2 Å². The second kappa shape index (κ2) is 8.24. The largest absolute Gasteiger partial charge is 0.506 e. The highest BCUT2D eigenvalue weighted by Crippen LogP contribution is 2.37. The SMILES string of the molecule is O=C(O)/C=C/c1ccc(C(=C2CCCCC2)c2ccc(O)c(Cl)c2)cc1. The third-order valence-electron chi connectivity index (χ3n) is 4.66. The molecule has 26 heavy (non-hydrogen) atoms. The van der Waals surface area contributed by atoms with Crippen LogP contribution in [0.2, 0.25) is 5.02 Å². The molecule has 1 aliphatic carbocycles. The molecule has 0 unspecified atom stereocenters. The predicted octanol–water partition coefficient (Wildman–Crippen LogP) is 5.91. The zero-order valence-electron chi connectivity index (χ0n) is 14.4. The number of phenolic OH excluding ortho intramolecular Hbond substituents is 1. The molecule has 3 rings (SSSR count). The molecule has 0 saturated heterocycles. The molecule has 4 heteroatoms. The molecule has 0 radical (unpaired) electrons. The van der Waals surface area contributed by atoms with Crippen molar-refractivity contribution in [3.63, 3.8) is 0 Å². The maximum Gasteiger partial charge on any atom is 0.328 e. The smallest absolute Gasteiger partial charge is 0.328 e. The van der Waals surface area contributed by atoms with Crippen LogP contribution in [0.4, 0.5) is 0 Å². The van der Waals surface area contributed by atoms with E-state index in [0.29, 0.717) is 5.02 Å². The molecular weight excluding hydrogens is 348 g/mol. The van der Waals surface area contributed by atoms with Crippen LogP contribution in [0.3, 0.4) is 0 Å². The quantitative estimate of drug-likeness (QED) is 0.659. The number of hydrogen-bond donors (Lipinski definition) is 2.